The molecule has 2 unspecified atom stereocenters. The summed E-state index contributed by atoms with van der Waals surface area (Å²) < 4.78 is 6.17. The molecule has 2 aliphatic rings. The predicted octanol–water partition coefficient (Wildman–Crippen LogP) is 2.97. The predicted molar refractivity (Wildman–Crippen MR) is 79.4 cm³/mol. The van der Waals surface area contributed by atoms with Crippen molar-refractivity contribution in [2.24, 2.45) is 5.92 Å². The van der Waals surface area contributed by atoms with E-state index < -0.39 is 0 Å². The average molecular weight is 273 g/mol. The third kappa shape index (κ3) is 2.88. The molecule has 20 heavy (non-hydrogen) atoms. The first-order valence-electron chi connectivity index (χ1n) is 7.77. The van der Waals surface area contributed by atoms with Crippen LogP contribution in [0.15, 0.2) is 18.2 Å². The maximum absolute atomic E-state index is 12.0. The fraction of sp³-hybridized carbons (Fsp3) is 0.588. The normalized spacial score (nSPS) is 26.8. The van der Waals surface area contributed by atoms with Gasteiger partial charge in [-0.05, 0) is 49.9 Å². The lowest BCUT2D eigenvalue weighted by atomic mass is 9.90. The second-order valence-electron chi connectivity index (χ2n) is 6.08. The first-order valence-corrected chi connectivity index (χ1v) is 7.77. The van der Waals surface area contributed by atoms with Gasteiger partial charge in [-0.25, -0.2) is 0 Å². The van der Waals surface area contributed by atoms with Gasteiger partial charge in [-0.15, -0.1) is 0 Å². The summed E-state index contributed by atoms with van der Waals surface area (Å²) >= 11 is 0. The Bertz CT molecular complexity index is 498. The maximum Gasteiger partial charge on any atom is 0.163 e. The van der Waals surface area contributed by atoms with Crippen LogP contribution in [0, 0.1) is 5.92 Å². The summed E-state index contributed by atoms with van der Waals surface area (Å²) in [6, 6.07) is 6.06. The number of carbonyl (C=O) groups is 1. The fourth-order valence-corrected chi connectivity index (χ4v) is 3.20. The number of fused-ring (bicyclic) bond motifs is 1. The molecular weight excluding hydrogens is 250 g/mol. The molecule has 1 aromatic carbocycles. The van der Waals surface area contributed by atoms with Crippen molar-refractivity contribution in [3.05, 3.63) is 29.3 Å². The number of hydrogen-bond donors (Lipinski definition) is 1. The van der Waals surface area contributed by atoms with Crippen molar-refractivity contribution in [3.8, 4) is 5.75 Å². The second-order valence-corrected chi connectivity index (χ2v) is 6.08. The molecule has 1 aromatic rings. The van der Waals surface area contributed by atoms with E-state index in [0.29, 0.717) is 12.3 Å². The molecule has 0 radical (unpaired) electrons. The molecule has 0 aromatic heterocycles. The number of hydrogen-bond acceptors (Lipinski definition) is 3. The SMILES string of the molecule is CC1CNCCCC1Oc1ccc2c(c1)C(=O)CCC2. The van der Waals surface area contributed by atoms with Crippen LogP contribution in [0.2, 0.25) is 0 Å². The van der Waals surface area contributed by atoms with Crippen LogP contribution in [0.3, 0.4) is 0 Å². The van der Waals surface area contributed by atoms with Crippen LogP contribution in [0.4, 0.5) is 0 Å². The lowest BCUT2D eigenvalue weighted by molar-refractivity contribution is 0.0970. The van der Waals surface area contributed by atoms with Crippen LogP contribution in [-0.2, 0) is 6.42 Å². The van der Waals surface area contributed by atoms with Crippen molar-refractivity contribution >= 4 is 5.78 Å². The molecule has 0 bridgehead atoms. The highest BCUT2D eigenvalue weighted by molar-refractivity contribution is 5.98. The molecule has 1 aliphatic heterocycles. The van der Waals surface area contributed by atoms with Gasteiger partial charge in [0, 0.05) is 24.4 Å². The van der Waals surface area contributed by atoms with Gasteiger partial charge in [-0.2, -0.15) is 0 Å². The Morgan fingerprint density at radius 3 is 3.05 bits per heavy atom. The third-order valence-corrected chi connectivity index (χ3v) is 4.46. The Balaban J connectivity index is 1.77. The lowest BCUT2D eigenvalue weighted by Gasteiger charge is -2.24. The second kappa shape index (κ2) is 5.96. The van der Waals surface area contributed by atoms with Crippen molar-refractivity contribution < 1.29 is 9.53 Å². The van der Waals surface area contributed by atoms with Gasteiger partial charge in [0.05, 0.1) is 0 Å². The van der Waals surface area contributed by atoms with Crippen LogP contribution in [0.5, 0.6) is 5.75 Å². The van der Waals surface area contributed by atoms with Crippen LogP contribution < -0.4 is 10.1 Å². The van der Waals surface area contributed by atoms with E-state index in [1.54, 1.807) is 0 Å². The van der Waals surface area contributed by atoms with Crippen molar-refractivity contribution in [2.75, 3.05) is 13.1 Å². The number of aryl methyl sites for hydroxylation is 1. The molecular formula is C17H23NO2. The Labute approximate surface area is 120 Å². The molecule has 0 spiro atoms. The molecule has 1 saturated heterocycles. The summed E-state index contributed by atoms with van der Waals surface area (Å²) in [5.41, 5.74) is 2.07. The number of rotatable bonds is 2. The van der Waals surface area contributed by atoms with Gasteiger partial charge in [0.25, 0.3) is 0 Å². The topological polar surface area (TPSA) is 38.3 Å². The Kier molecular flexibility index (Phi) is 4.06. The molecule has 3 nitrogen and oxygen atoms in total. The number of ether oxygens (including phenoxy) is 1. The number of carbonyl (C=O) groups excluding carboxylic acids is 1. The first kappa shape index (κ1) is 13.6. The largest absolute Gasteiger partial charge is 0.490 e. The number of ketones is 1. The summed E-state index contributed by atoms with van der Waals surface area (Å²) in [6.07, 6.45) is 5.17. The average Bonchev–Trinajstić information content (AvgIpc) is 2.65. The minimum Gasteiger partial charge on any atom is -0.490 e. The van der Waals surface area contributed by atoms with Gasteiger partial charge in [0.1, 0.15) is 11.9 Å². The third-order valence-electron chi connectivity index (χ3n) is 4.46. The molecule has 0 amide bonds. The molecule has 3 rings (SSSR count). The van der Waals surface area contributed by atoms with Crippen molar-refractivity contribution in [2.45, 2.75) is 45.1 Å². The zero-order valence-electron chi connectivity index (χ0n) is 12.2. The summed E-state index contributed by atoms with van der Waals surface area (Å²) in [4.78, 5) is 12.0. The summed E-state index contributed by atoms with van der Waals surface area (Å²) in [6.45, 7) is 4.31. The molecule has 1 aliphatic carbocycles. The van der Waals surface area contributed by atoms with Gasteiger partial charge < -0.3 is 10.1 Å². The quantitative estimate of drug-likeness (QED) is 0.900. The minimum atomic E-state index is 0.252. The van der Waals surface area contributed by atoms with Crippen molar-refractivity contribution in [3.63, 3.8) is 0 Å². The van der Waals surface area contributed by atoms with Crippen LogP contribution in [0.1, 0.15) is 48.5 Å². The van der Waals surface area contributed by atoms with E-state index in [2.05, 4.69) is 18.3 Å². The van der Waals surface area contributed by atoms with Crippen LogP contribution >= 0.6 is 0 Å². The molecule has 1 fully saturated rings. The van der Waals surface area contributed by atoms with Gasteiger partial charge in [0.2, 0.25) is 0 Å². The van der Waals surface area contributed by atoms with Crippen LogP contribution in [-0.4, -0.2) is 25.0 Å². The van der Waals surface area contributed by atoms with Gasteiger partial charge in [-0.1, -0.05) is 13.0 Å². The van der Waals surface area contributed by atoms with Crippen molar-refractivity contribution in [1.29, 1.82) is 0 Å². The summed E-state index contributed by atoms with van der Waals surface area (Å²) in [7, 11) is 0. The molecule has 3 heteroatoms. The van der Waals surface area contributed by atoms with E-state index in [9.17, 15) is 4.79 Å². The molecule has 1 N–H and O–H groups in total. The number of Topliss-reactive ketones (excluding diaryl/α,β-unsaturated/α-hetero) is 1. The minimum absolute atomic E-state index is 0.252. The van der Waals surface area contributed by atoms with E-state index in [4.69, 9.17) is 4.74 Å². The highest BCUT2D eigenvalue weighted by Crippen LogP contribution is 2.27. The maximum atomic E-state index is 12.0. The van der Waals surface area contributed by atoms with E-state index in [-0.39, 0.29) is 11.9 Å². The van der Waals surface area contributed by atoms with E-state index >= 15 is 0 Å². The molecule has 2 atom stereocenters. The Hall–Kier alpha value is -1.35. The first-order chi connectivity index (χ1) is 9.74. The number of nitrogens with one attached hydrogen (secondary N) is 1. The molecule has 0 saturated carbocycles. The van der Waals surface area contributed by atoms with Crippen LogP contribution in [0.25, 0.3) is 0 Å². The van der Waals surface area contributed by atoms with E-state index in [1.807, 2.05) is 12.1 Å². The molecule has 108 valence electrons. The van der Waals surface area contributed by atoms with E-state index in [1.165, 1.54) is 5.56 Å². The van der Waals surface area contributed by atoms with E-state index in [0.717, 1.165) is 50.1 Å². The highest BCUT2D eigenvalue weighted by Gasteiger charge is 2.23. The fourth-order valence-electron chi connectivity index (χ4n) is 3.20. The monoisotopic (exact) mass is 273 g/mol. The zero-order chi connectivity index (χ0) is 13.9. The Morgan fingerprint density at radius 1 is 1.25 bits per heavy atom. The lowest BCUT2D eigenvalue weighted by Crippen LogP contribution is -2.29. The summed E-state index contributed by atoms with van der Waals surface area (Å²) in [5.74, 6) is 1.63. The number of benzene rings is 1. The van der Waals surface area contributed by atoms with Gasteiger partial charge in [0.15, 0.2) is 5.78 Å². The van der Waals surface area contributed by atoms with Gasteiger partial charge in [-0.3, -0.25) is 4.79 Å². The molecule has 1 heterocycles. The Morgan fingerprint density at radius 2 is 2.15 bits per heavy atom. The smallest absolute Gasteiger partial charge is 0.163 e. The highest BCUT2D eigenvalue weighted by atomic mass is 16.5. The zero-order valence-corrected chi connectivity index (χ0v) is 12.2. The van der Waals surface area contributed by atoms with Gasteiger partial charge >= 0.3 is 0 Å². The standard InChI is InChI=1S/C17H23NO2/c1-12-11-18-9-3-6-17(12)20-14-8-7-13-4-2-5-16(19)15(13)10-14/h7-8,10,12,17-18H,2-6,9,11H2,1H3. The van der Waals surface area contributed by atoms with Crippen molar-refractivity contribution in [1.82, 2.24) is 5.32 Å². The summed E-state index contributed by atoms with van der Waals surface area (Å²) in [5, 5.41) is 3.44.